The summed E-state index contributed by atoms with van der Waals surface area (Å²) in [7, 11) is 5.83. The number of hydrogen-bond acceptors (Lipinski definition) is 4. The SMILES string of the molecule is CN=C(NCCCN(C)CCOC)N1CCC2C(CCCN2Cc2ccccc2)C1.I. The van der Waals surface area contributed by atoms with Gasteiger partial charge >= 0.3 is 0 Å². The molecule has 176 valence electrons. The number of halogens is 1. The number of guanidine groups is 1. The molecule has 2 fully saturated rings. The molecule has 1 aromatic rings. The van der Waals surface area contributed by atoms with Crippen LogP contribution in [0.2, 0.25) is 0 Å². The smallest absolute Gasteiger partial charge is 0.193 e. The molecule has 1 aromatic carbocycles. The predicted molar refractivity (Wildman–Crippen MR) is 140 cm³/mol. The summed E-state index contributed by atoms with van der Waals surface area (Å²) in [5, 5.41) is 3.60. The summed E-state index contributed by atoms with van der Waals surface area (Å²) < 4.78 is 5.15. The molecule has 2 atom stereocenters. The molecule has 3 rings (SSSR count). The van der Waals surface area contributed by atoms with E-state index < -0.39 is 0 Å². The molecule has 1 N–H and O–H groups in total. The van der Waals surface area contributed by atoms with E-state index in [1.54, 1.807) is 7.11 Å². The van der Waals surface area contributed by atoms with Gasteiger partial charge in [-0.15, -0.1) is 24.0 Å². The zero-order valence-electron chi connectivity index (χ0n) is 19.6. The van der Waals surface area contributed by atoms with Gasteiger partial charge in [0.15, 0.2) is 5.96 Å². The molecular formula is C24H42IN5O. The van der Waals surface area contributed by atoms with Crippen LogP contribution >= 0.6 is 24.0 Å². The van der Waals surface area contributed by atoms with E-state index in [0.717, 1.165) is 64.2 Å². The Balaban J connectivity index is 0.00000341. The van der Waals surface area contributed by atoms with Crippen LogP contribution < -0.4 is 5.32 Å². The molecule has 0 aromatic heterocycles. The van der Waals surface area contributed by atoms with Crippen molar-refractivity contribution in [1.82, 2.24) is 20.0 Å². The normalized spacial score (nSPS) is 22.2. The molecule has 2 unspecified atom stereocenters. The van der Waals surface area contributed by atoms with Gasteiger partial charge in [0.1, 0.15) is 0 Å². The molecule has 2 aliphatic rings. The molecule has 2 saturated heterocycles. The third kappa shape index (κ3) is 8.18. The molecule has 7 heteroatoms. The lowest BCUT2D eigenvalue weighted by atomic mass is 9.83. The highest BCUT2D eigenvalue weighted by Gasteiger charge is 2.36. The van der Waals surface area contributed by atoms with Crippen LogP contribution in [0.1, 0.15) is 31.2 Å². The van der Waals surface area contributed by atoms with Crippen LogP contribution in [0.3, 0.4) is 0 Å². The van der Waals surface area contributed by atoms with Crippen molar-refractivity contribution in [2.75, 3.05) is 67.1 Å². The number of piperidine rings is 2. The maximum Gasteiger partial charge on any atom is 0.193 e. The maximum atomic E-state index is 5.15. The summed E-state index contributed by atoms with van der Waals surface area (Å²) in [6, 6.07) is 11.7. The average molecular weight is 544 g/mol. The zero-order chi connectivity index (χ0) is 21.2. The number of methoxy groups -OCH3 is 1. The highest BCUT2D eigenvalue weighted by molar-refractivity contribution is 14.0. The van der Waals surface area contributed by atoms with Gasteiger partial charge in [-0.05, 0) is 57.3 Å². The lowest BCUT2D eigenvalue weighted by molar-refractivity contribution is 0.0372. The van der Waals surface area contributed by atoms with Gasteiger partial charge in [0.05, 0.1) is 6.61 Å². The maximum absolute atomic E-state index is 5.15. The van der Waals surface area contributed by atoms with Crippen LogP contribution in [0.5, 0.6) is 0 Å². The summed E-state index contributed by atoms with van der Waals surface area (Å²) >= 11 is 0. The van der Waals surface area contributed by atoms with Crippen LogP contribution in [0.15, 0.2) is 35.3 Å². The van der Waals surface area contributed by atoms with Crippen molar-refractivity contribution >= 4 is 29.9 Å². The van der Waals surface area contributed by atoms with Crippen molar-refractivity contribution < 1.29 is 4.74 Å². The van der Waals surface area contributed by atoms with E-state index in [9.17, 15) is 0 Å². The number of likely N-dealkylation sites (N-methyl/N-ethyl adjacent to an activating group) is 1. The van der Waals surface area contributed by atoms with Crippen LogP contribution in [-0.2, 0) is 11.3 Å². The molecule has 0 aliphatic carbocycles. The molecule has 2 heterocycles. The number of likely N-dealkylation sites (tertiary alicyclic amines) is 2. The third-order valence-corrected chi connectivity index (χ3v) is 6.60. The number of nitrogens with one attached hydrogen (secondary N) is 1. The lowest BCUT2D eigenvalue weighted by Crippen LogP contribution is -2.56. The minimum Gasteiger partial charge on any atom is -0.383 e. The van der Waals surface area contributed by atoms with E-state index in [4.69, 9.17) is 4.74 Å². The molecule has 0 saturated carbocycles. The number of ether oxygens (including phenoxy) is 1. The second-order valence-corrected chi connectivity index (χ2v) is 8.78. The van der Waals surface area contributed by atoms with Crippen LogP contribution in [0, 0.1) is 5.92 Å². The van der Waals surface area contributed by atoms with Crippen LogP contribution in [0.25, 0.3) is 0 Å². The Morgan fingerprint density at radius 2 is 2.00 bits per heavy atom. The molecule has 0 amide bonds. The van der Waals surface area contributed by atoms with Crippen molar-refractivity contribution in [3.05, 3.63) is 35.9 Å². The first-order valence-electron chi connectivity index (χ1n) is 11.6. The van der Waals surface area contributed by atoms with E-state index >= 15 is 0 Å². The second-order valence-electron chi connectivity index (χ2n) is 8.78. The summed E-state index contributed by atoms with van der Waals surface area (Å²) in [5.74, 6) is 1.82. The molecule has 31 heavy (non-hydrogen) atoms. The number of nitrogens with zero attached hydrogens (tertiary/aromatic N) is 4. The number of rotatable bonds is 9. The summed E-state index contributed by atoms with van der Waals surface area (Å²) in [5.41, 5.74) is 1.44. The van der Waals surface area contributed by atoms with Crippen molar-refractivity contribution in [2.45, 2.75) is 38.3 Å². The summed E-state index contributed by atoms with van der Waals surface area (Å²) in [4.78, 5) is 12.1. The monoisotopic (exact) mass is 543 g/mol. The first kappa shape index (κ1) is 26.4. The van der Waals surface area contributed by atoms with E-state index in [-0.39, 0.29) is 24.0 Å². The number of fused-ring (bicyclic) bond motifs is 1. The van der Waals surface area contributed by atoms with E-state index in [1.165, 1.54) is 31.4 Å². The largest absolute Gasteiger partial charge is 0.383 e. The topological polar surface area (TPSA) is 43.3 Å². The van der Waals surface area contributed by atoms with Gasteiger partial charge in [0, 0.05) is 52.9 Å². The highest BCUT2D eigenvalue weighted by Crippen LogP contribution is 2.31. The number of aliphatic imine (C=N–C) groups is 1. The van der Waals surface area contributed by atoms with E-state index in [1.807, 2.05) is 7.05 Å². The van der Waals surface area contributed by atoms with Gasteiger partial charge in [-0.2, -0.15) is 0 Å². The van der Waals surface area contributed by atoms with Crippen LogP contribution in [-0.4, -0.2) is 93.8 Å². The van der Waals surface area contributed by atoms with Crippen LogP contribution in [0.4, 0.5) is 0 Å². The summed E-state index contributed by atoms with van der Waals surface area (Å²) in [6.07, 6.45) is 5.00. The minimum absolute atomic E-state index is 0. The Morgan fingerprint density at radius 1 is 1.19 bits per heavy atom. The van der Waals surface area contributed by atoms with Gasteiger partial charge in [-0.25, -0.2) is 0 Å². The standard InChI is InChI=1S/C24H41N5O.HI/c1-25-24(26-13-8-14-27(2)17-18-30-3)29-16-12-23-22(20-29)11-7-15-28(23)19-21-9-5-4-6-10-21;/h4-6,9-10,22-23H,7-8,11-20H2,1-3H3,(H,25,26);1H. The van der Waals surface area contributed by atoms with Crippen molar-refractivity contribution in [3.8, 4) is 0 Å². The molecular weight excluding hydrogens is 501 g/mol. The van der Waals surface area contributed by atoms with Gasteiger partial charge < -0.3 is 19.9 Å². The fourth-order valence-electron chi connectivity index (χ4n) is 4.95. The number of hydrogen-bond donors (Lipinski definition) is 1. The fraction of sp³-hybridized carbons (Fsp3) is 0.708. The second kappa shape index (κ2) is 14.3. The molecule has 0 spiro atoms. The number of benzene rings is 1. The van der Waals surface area contributed by atoms with E-state index in [2.05, 4.69) is 62.4 Å². The van der Waals surface area contributed by atoms with Gasteiger partial charge in [0.2, 0.25) is 0 Å². The Hall–Kier alpha value is -0.900. The fourth-order valence-corrected chi connectivity index (χ4v) is 4.95. The Bertz CT molecular complexity index is 644. The molecule has 0 bridgehead atoms. The van der Waals surface area contributed by atoms with Gasteiger partial charge in [-0.3, -0.25) is 9.89 Å². The van der Waals surface area contributed by atoms with Gasteiger partial charge in [0.25, 0.3) is 0 Å². The predicted octanol–water partition coefficient (Wildman–Crippen LogP) is 3.13. The average Bonchev–Trinajstić information content (AvgIpc) is 2.78. The first-order chi connectivity index (χ1) is 14.7. The minimum atomic E-state index is 0. The van der Waals surface area contributed by atoms with Crippen molar-refractivity contribution in [2.24, 2.45) is 10.9 Å². The molecule has 2 aliphatic heterocycles. The van der Waals surface area contributed by atoms with Crippen molar-refractivity contribution in [1.29, 1.82) is 0 Å². The lowest BCUT2D eigenvalue weighted by Gasteiger charge is -2.48. The third-order valence-electron chi connectivity index (χ3n) is 6.60. The molecule has 0 radical (unpaired) electrons. The zero-order valence-corrected chi connectivity index (χ0v) is 22.0. The Kier molecular flexibility index (Phi) is 12.1. The first-order valence-corrected chi connectivity index (χ1v) is 11.6. The molecule has 6 nitrogen and oxygen atoms in total. The Labute approximate surface area is 206 Å². The van der Waals surface area contributed by atoms with E-state index in [0.29, 0.717) is 6.04 Å². The highest BCUT2D eigenvalue weighted by atomic mass is 127. The van der Waals surface area contributed by atoms with Gasteiger partial charge in [-0.1, -0.05) is 30.3 Å². The quantitative estimate of drug-likeness (QED) is 0.225. The Morgan fingerprint density at radius 3 is 2.74 bits per heavy atom. The van der Waals surface area contributed by atoms with Crippen molar-refractivity contribution in [3.63, 3.8) is 0 Å². The summed E-state index contributed by atoms with van der Waals surface area (Å²) in [6.45, 7) is 8.37.